The molecule has 92 valence electrons. The highest BCUT2D eigenvalue weighted by atomic mass is 35.5. The molecule has 1 aromatic rings. The van der Waals surface area contributed by atoms with E-state index < -0.39 is 0 Å². The maximum Gasteiger partial charge on any atom is 0.0967 e. The Labute approximate surface area is 102 Å². The smallest absolute Gasteiger partial charge is 0.0967 e. The van der Waals surface area contributed by atoms with E-state index in [0.29, 0.717) is 12.0 Å². The summed E-state index contributed by atoms with van der Waals surface area (Å²) in [6.07, 6.45) is 3.06. The van der Waals surface area contributed by atoms with E-state index in [0.717, 1.165) is 31.7 Å². The van der Waals surface area contributed by atoms with E-state index in [9.17, 15) is 0 Å². The zero-order valence-electron chi connectivity index (χ0n) is 9.83. The molecule has 0 aromatic carbocycles. The van der Waals surface area contributed by atoms with E-state index in [1.54, 1.807) is 4.68 Å². The van der Waals surface area contributed by atoms with Gasteiger partial charge in [0.25, 0.3) is 0 Å². The Morgan fingerprint density at radius 1 is 1.56 bits per heavy atom. The molecule has 1 fully saturated rings. The third-order valence-electron chi connectivity index (χ3n) is 3.09. The number of aromatic nitrogens is 3. The van der Waals surface area contributed by atoms with Crippen molar-refractivity contribution in [2.75, 3.05) is 13.1 Å². The highest BCUT2D eigenvalue weighted by Crippen LogP contribution is 2.16. The van der Waals surface area contributed by atoms with Gasteiger partial charge in [-0.25, -0.2) is 0 Å². The molecule has 2 unspecified atom stereocenters. The Morgan fingerprint density at radius 2 is 2.31 bits per heavy atom. The molecular formula is C10H20ClN5. The molecule has 0 amide bonds. The lowest BCUT2D eigenvalue weighted by molar-refractivity contribution is 0.156. The van der Waals surface area contributed by atoms with Gasteiger partial charge < -0.3 is 5.73 Å². The minimum Gasteiger partial charge on any atom is -0.327 e. The lowest BCUT2D eigenvalue weighted by Gasteiger charge is -2.34. The first-order chi connectivity index (χ1) is 7.15. The molecule has 0 saturated carbocycles. The third-order valence-corrected chi connectivity index (χ3v) is 3.09. The molecule has 5 nitrogen and oxygen atoms in total. The van der Waals surface area contributed by atoms with Crippen molar-refractivity contribution >= 4 is 12.4 Å². The van der Waals surface area contributed by atoms with Crippen molar-refractivity contribution in [1.29, 1.82) is 0 Å². The van der Waals surface area contributed by atoms with Gasteiger partial charge in [-0.3, -0.25) is 9.58 Å². The normalized spacial score (nSPS) is 26.4. The van der Waals surface area contributed by atoms with Crippen molar-refractivity contribution in [3.63, 3.8) is 0 Å². The first-order valence-corrected chi connectivity index (χ1v) is 5.48. The van der Waals surface area contributed by atoms with Gasteiger partial charge in [-0.15, -0.1) is 17.5 Å². The number of nitrogens with two attached hydrogens (primary N) is 1. The Balaban J connectivity index is 0.00000128. The van der Waals surface area contributed by atoms with E-state index in [2.05, 4.69) is 22.1 Å². The minimum absolute atomic E-state index is 0. The summed E-state index contributed by atoms with van der Waals surface area (Å²) in [5, 5.41) is 8.03. The lowest BCUT2D eigenvalue weighted by Crippen LogP contribution is -2.45. The van der Waals surface area contributed by atoms with Gasteiger partial charge in [0, 0.05) is 38.9 Å². The molecule has 0 aliphatic carbocycles. The van der Waals surface area contributed by atoms with Crippen LogP contribution in [0.3, 0.4) is 0 Å². The number of nitrogens with zero attached hydrogens (tertiary/aromatic N) is 4. The van der Waals surface area contributed by atoms with E-state index in [1.807, 2.05) is 13.2 Å². The van der Waals surface area contributed by atoms with E-state index >= 15 is 0 Å². The molecule has 0 radical (unpaired) electrons. The summed E-state index contributed by atoms with van der Waals surface area (Å²) in [5.41, 5.74) is 7.02. The maximum atomic E-state index is 5.98. The molecule has 2 N–H and O–H groups in total. The first-order valence-electron chi connectivity index (χ1n) is 5.48. The van der Waals surface area contributed by atoms with Crippen LogP contribution in [0.1, 0.15) is 19.0 Å². The fourth-order valence-electron chi connectivity index (χ4n) is 2.09. The average Bonchev–Trinajstić information content (AvgIpc) is 2.58. The summed E-state index contributed by atoms with van der Waals surface area (Å²) in [6.45, 7) is 5.25. The van der Waals surface area contributed by atoms with Gasteiger partial charge in [-0.05, 0) is 12.3 Å². The highest BCUT2D eigenvalue weighted by molar-refractivity contribution is 5.85. The molecule has 1 aliphatic heterocycles. The van der Waals surface area contributed by atoms with Gasteiger partial charge in [0.15, 0.2) is 0 Å². The molecule has 2 atom stereocenters. The number of rotatable bonds is 2. The number of likely N-dealkylation sites (tertiary alicyclic amines) is 1. The van der Waals surface area contributed by atoms with E-state index in [-0.39, 0.29) is 12.4 Å². The second kappa shape index (κ2) is 5.61. The lowest BCUT2D eigenvalue weighted by atomic mass is 9.95. The number of hydrogen-bond donors (Lipinski definition) is 1. The molecule has 1 aliphatic rings. The second-order valence-corrected chi connectivity index (χ2v) is 4.55. The Bertz CT molecular complexity index is 327. The molecule has 2 rings (SSSR count). The molecule has 16 heavy (non-hydrogen) atoms. The van der Waals surface area contributed by atoms with Crippen LogP contribution >= 0.6 is 12.4 Å². The minimum atomic E-state index is 0. The van der Waals surface area contributed by atoms with Gasteiger partial charge in [0.1, 0.15) is 0 Å². The van der Waals surface area contributed by atoms with Crippen LogP contribution in [0.2, 0.25) is 0 Å². The molecule has 0 spiro atoms. The molecule has 0 bridgehead atoms. The van der Waals surface area contributed by atoms with Crippen LogP contribution in [0.25, 0.3) is 0 Å². The number of hydrogen-bond acceptors (Lipinski definition) is 4. The second-order valence-electron chi connectivity index (χ2n) is 4.55. The van der Waals surface area contributed by atoms with Crippen molar-refractivity contribution in [1.82, 2.24) is 19.9 Å². The monoisotopic (exact) mass is 245 g/mol. The van der Waals surface area contributed by atoms with Crippen molar-refractivity contribution in [3.05, 3.63) is 11.9 Å². The van der Waals surface area contributed by atoms with Crippen molar-refractivity contribution in [3.8, 4) is 0 Å². The van der Waals surface area contributed by atoms with Gasteiger partial charge in [-0.2, -0.15) is 0 Å². The molecule has 6 heteroatoms. The molecule has 1 saturated heterocycles. The fourth-order valence-corrected chi connectivity index (χ4v) is 2.09. The quantitative estimate of drug-likeness (QED) is 0.820. The van der Waals surface area contributed by atoms with E-state index in [1.165, 1.54) is 0 Å². The van der Waals surface area contributed by atoms with Crippen molar-refractivity contribution < 1.29 is 0 Å². The molecule has 1 aromatic heterocycles. The van der Waals surface area contributed by atoms with Crippen LogP contribution in [0, 0.1) is 5.92 Å². The SMILES string of the molecule is CC1CN(Cc2cn(C)nn2)CCC1N.Cl. The predicted molar refractivity (Wildman–Crippen MR) is 65.3 cm³/mol. The topological polar surface area (TPSA) is 60.0 Å². The maximum absolute atomic E-state index is 5.98. The van der Waals surface area contributed by atoms with Gasteiger partial charge in [0.05, 0.1) is 5.69 Å². The standard InChI is InChI=1S/C10H19N5.ClH/c1-8-5-15(4-3-10(8)11)7-9-6-14(2)13-12-9;/h6,8,10H,3-5,7,11H2,1-2H3;1H. The van der Waals surface area contributed by atoms with E-state index in [4.69, 9.17) is 5.73 Å². The number of halogens is 1. The summed E-state index contributed by atoms with van der Waals surface area (Å²) >= 11 is 0. The first kappa shape index (κ1) is 13.4. The fraction of sp³-hybridized carbons (Fsp3) is 0.800. The zero-order chi connectivity index (χ0) is 10.8. The van der Waals surface area contributed by atoms with Crippen LogP contribution < -0.4 is 5.73 Å². The summed E-state index contributed by atoms with van der Waals surface area (Å²) < 4.78 is 1.74. The summed E-state index contributed by atoms with van der Waals surface area (Å²) in [4.78, 5) is 2.40. The number of aryl methyl sites for hydroxylation is 1. The average molecular weight is 246 g/mol. The van der Waals surface area contributed by atoms with Gasteiger partial charge in [-0.1, -0.05) is 12.1 Å². The van der Waals surface area contributed by atoms with Crippen molar-refractivity contribution in [2.24, 2.45) is 18.7 Å². The summed E-state index contributed by atoms with van der Waals surface area (Å²) in [6, 6.07) is 0.364. The highest BCUT2D eigenvalue weighted by Gasteiger charge is 2.23. The van der Waals surface area contributed by atoms with Crippen LogP contribution in [-0.2, 0) is 13.6 Å². The molecule has 2 heterocycles. The Morgan fingerprint density at radius 3 is 2.88 bits per heavy atom. The predicted octanol–water partition coefficient (Wildman–Crippen LogP) is 0.406. The van der Waals surface area contributed by atoms with Crippen LogP contribution in [0.4, 0.5) is 0 Å². The van der Waals surface area contributed by atoms with Crippen LogP contribution in [0.5, 0.6) is 0 Å². The third kappa shape index (κ3) is 3.17. The largest absolute Gasteiger partial charge is 0.327 e. The Hall–Kier alpha value is -0.650. The van der Waals surface area contributed by atoms with Gasteiger partial charge in [0.2, 0.25) is 0 Å². The Kier molecular flexibility index (Phi) is 4.70. The molecular weight excluding hydrogens is 226 g/mol. The van der Waals surface area contributed by atoms with Gasteiger partial charge >= 0.3 is 0 Å². The van der Waals surface area contributed by atoms with Crippen LogP contribution in [-0.4, -0.2) is 39.0 Å². The summed E-state index contributed by atoms with van der Waals surface area (Å²) in [5.74, 6) is 0.579. The van der Waals surface area contributed by atoms with Crippen LogP contribution in [0.15, 0.2) is 6.20 Å². The van der Waals surface area contributed by atoms with Crippen molar-refractivity contribution in [2.45, 2.75) is 25.9 Å². The summed E-state index contributed by atoms with van der Waals surface area (Å²) in [7, 11) is 1.89. The zero-order valence-corrected chi connectivity index (χ0v) is 10.7. The number of piperidine rings is 1.